The molecule has 16 heteroatoms. The number of rotatable bonds is 48. The SMILES string of the molecule is CCCCCCCCOP(=O)([O-])OCCCCCCCC.CCCCCCCCOP(=O)([O-])OCCCCCCCC.CCCCCCCCOP(=O)([O-])OCCCCCCCC.[Nd+3]. The third kappa shape index (κ3) is 65.8. The second kappa shape index (κ2) is 57.3. The van der Waals surface area contributed by atoms with Crippen LogP contribution < -0.4 is 14.7 Å². The number of hydrogen-bond donors (Lipinski definition) is 0. The molecule has 385 valence electrons. The number of phosphoric acid groups is 3. The predicted octanol–water partition coefficient (Wildman–Crippen LogP) is 15.6. The van der Waals surface area contributed by atoms with Gasteiger partial charge in [0.15, 0.2) is 0 Å². The van der Waals surface area contributed by atoms with Gasteiger partial charge in [-0.1, -0.05) is 234 Å². The predicted molar refractivity (Wildman–Crippen MR) is 259 cm³/mol. The Bertz CT molecular complexity index is 841. The van der Waals surface area contributed by atoms with Gasteiger partial charge < -0.3 is 41.8 Å². The van der Waals surface area contributed by atoms with E-state index in [0.29, 0.717) is 0 Å². The van der Waals surface area contributed by atoms with Crippen LogP contribution in [0.5, 0.6) is 0 Å². The summed E-state index contributed by atoms with van der Waals surface area (Å²) in [6.45, 7) is 14.6. The summed E-state index contributed by atoms with van der Waals surface area (Å²) in [6, 6.07) is 0. The number of phosphoric ester groups is 3. The van der Waals surface area contributed by atoms with E-state index in [-0.39, 0.29) is 80.5 Å². The van der Waals surface area contributed by atoms with Gasteiger partial charge in [-0.15, -0.1) is 0 Å². The summed E-state index contributed by atoms with van der Waals surface area (Å²) in [4.78, 5) is 34.5. The molecule has 12 nitrogen and oxygen atoms in total. The first-order valence-corrected chi connectivity index (χ1v) is 30.5. The fraction of sp³-hybridized carbons (Fsp3) is 1.00. The molecular formula is C48H102NdO12P3. The molecule has 0 unspecified atom stereocenters. The number of unbranched alkanes of at least 4 members (excludes halogenated alkanes) is 30. The van der Waals surface area contributed by atoms with E-state index in [1.165, 1.54) is 116 Å². The van der Waals surface area contributed by atoms with Crippen LogP contribution in [0, 0.1) is 40.8 Å². The third-order valence-corrected chi connectivity index (χ3v) is 13.5. The van der Waals surface area contributed by atoms with E-state index in [1.54, 1.807) is 0 Å². The molecule has 0 aromatic rings. The van der Waals surface area contributed by atoms with Crippen molar-refractivity contribution >= 4 is 23.5 Å². The Labute approximate surface area is 429 Å². The molecule has 1 radical (unpaired) electrons. The molecule has 0 aliphatic rings. The second-order valence-corrected chi connectivity index (χ2v) is 21.2. The van der Waals surface area contributed by atoms with E-state index in [1.807, 2.05) is 0 Å². The van der Waals surface area contributed by atoms with Gasteiger partial charge in [-0.25, -0.2) is 0 Å². The smallest absolute Gasteiger partial charge is 0.756 e. The average molecular weight is 1110 g/mol. The van der Waals surface area contributed by atoms with Gasteiger partial charge >= 0.3 is 40.8 Å². The normalized spacial score (nSPS) is 11.8. The van der Waals surface area contributed by atoms with Crippen LogP contribution in [0.4, 0.5) is 0 Å². The first kappa shape index (κ1) is 72.2. The Morgan fingerprint density at radius 1 is 0.234 bits per heavy atom. The zero-order valence-electron chi connectivity index (χ0n) is 42.4. The van der Waals surface area contributed by atoms with Crippen LogP contribution in [0.3, 0.4) is 0 Å². The number of hydrogen-bond acceptors (Lipinski definition) is 12. The van der Waals surface area contributed by atoms with Crippen LogP contribution in [0.15, 0.2) is 0 Å². The summed E-state index contributed by atoms with van der Waals surface area (Å²) in [5.74, 6) is 0. The average Bonchev–Trinajstić information content (AvgIpc) is 3.25. The van der Waals surface area contributed by atoms with Gasteiger partial charge in [0.1, 0.15) is 0 Å². The molecule has 0 N–H and O–H groups in total. The molecule has 0 spiro atoms. The summed E-state index contributed by atoms with van der Waals surface area (Å²) < 4.78 is 63.6. The van der Waals surface area contributed by atoms with E-state index >= 15 is 0 Å². The molecule has 0 aromatic carbocycles. The van der Waals surface area contributed by atoms with E-state index in [4.69, 9.17) is 27.1 Å². The van der Waals surface area contributed by atoms with Crippen molar-refractivity contribution in [3.63, 3.8) is 0 Å². The van der Waals surface area contributed by atoms with Crippen LogP contribution >= 0.6 is 23.5 Å². The van der Waals surface area contributed by atoms with E-state index in [9.17, 15) is 28.4 Å². The van der Waals surface area contributed by atoms with Gasteiger partial charge in [0.2, 0.25) is 0 Å². The van der Waals surface area contributed by atoms with Crippen LogP contribution in [-0.2, 0) is 40.8 Å². The van der Waals surface area contributed by atoms with Gasteiger partial charge in [-0.05, 0) is 38.5 Å². The largest absolute Gasteiger partial charge is 3.00 e. The second-order valence-electron chi connectivity index (χ2n) is 16.9. The molecule has 64 heavy (non-hydrogen) atoms. The summed E-state index contributed by atoms with van der Waals surface area (Å²) in [6.07, 6.45) is 40.0. The molecule has 0 atom stereocenters. The van der Waals surface area contributed by atoms with Crippen molar-refractivity contribution < 1.29 is 96.4 Å². The van der Waals surface area contributed by atoms with Crippen LogP contribution in [0.25, 0.3) is 0 Å². The topological polar surface area (TPSA) is 176 Å². The van der Waals surface area contributed by atoms with Crippen LogP contribution in [0.2, 0.25) is 0 Å². The molecule has 0 aliphatic heterocycles. The first-order valence-electron chi connectivity index (χ1n) is 26.2. The summed E-state index contributed by atoms with van der Waals surface area (Å²) in [7, 11) is -12.2. The molecule has 0 bridgehead atoms. The van der Waals surface area contributed by atoms with Crippen molar-refractivity contribution in [3.8, 4) is 0 Å². The molecule has 0 saturated carbocycles. The maximum atomic E-state index is 11.5. The Kier molecular flexibility index (Phi) is 64.6. The van der Waals surface area contributed by atoms with Crippen molar-refractivity contribution in [2.45, 2.75) is 273 Å². The molecule has 0 saturated heterocycles. The monoisotopic (exact) mass is 1110 g/mol. The Hall–Kier alpha value is 1.68. The van der Waals surface area contributed by atoms with Gasteiger partial charge in [0, 0.05) is 0 Å². The van der Waals surface area contributed by atoms with Gasteiger partial charge in [-0.3, -0.25) is 13.7 Å². The summed E-state index contributed by atoms with van der Waals surface area (Å²) >= 11 is 0. The molecule has 0 fully saturated rings. The van der Waals surface area contributed by atoms with Gasteiger partial charge in [0.25, 0.3) is 23.5 Å². The van der Waals surface area contributed by atoms with E-state index in [0.717, 1.165) is 116 Å². The van der Waals surface area contributed by atoms with Crippen molar-refractivity contribution in [2.24, 2.45) is 0 Å². The molecule has 0 heterocycles. The summed E-state index contributed by atoms with van der Waals surface area (Å²) in [5, 5.41) is 0. The van der Waals surface area contributed by atoms with Crippen molar-refractivity contribution in [3.05, 3.63) is 0 Å². The van der Waals surface area contributed by atoms with Gasteiger partial charge in [0.05, 0.1) is 39.6 Å². The zero-order chi connectivity index (χ0) is 47.4. The van der Waals surface area contributed by atoms with Crippen molar-refractivity contribution in [1.82, 2.24) is 0 Å². The first-order chi connectivity index (χ1) is 30.4. The maximum absolute atomic E-state index is 11.5. The maximum Gasteiger partial charge on any atom is 3.00 e. The Morgan fingerprint density at radius 3 is 0.469 bits per heavy atom. The van der Waals surface area contributed by atoms with Gasteiger partial charge in [-0.2, -0.15) is 0 Å². The standard InChI is InChI=1S/3C16H35O4P.Nd/c3*1-3-5-7-9-11-13-15-19-21(17,18)20-16-14-12-10-8-6-4-2;/h3*3-16H2,1-2H3,(H,17,18);/q;;;+3/p-3. The van der Waals surface area contributed by atoms with Crippen LogP contribution in [-0.4, -0.2) is 39.6 Å². The fourth-order valence-corrected chi connectivity index (χ4v) is 8.80. The quantitative estimate of drug-likeness (QED) is 0.0417. The zero-order valence-corrected chi connectivity index (χ0v) is 48.3. The molecular weight excluding hydrogens is 1010 g/mol. The van der Waals surface area contributed by atoms with Crippen molar-refractivity contribution in [2.75, 3.05) is 39.6 Å². The molecule has 0 aliphatic carbocycles. The van der Waals surface area contributed by atoms with Crippen LogP contribution in [0.1, 0.15) is 273 Å². The minimum Gasteiger partial charge on any atom is -0.756 e. The summed E-state index contributed by atoms with van der Waals surface area (Å²) in [5.41, 5.74) is 0. The Morgan fingerprint density at radius 2 is 0.344 bits per heavy atom. The van der Waals surface area contributed by atoms with E-state index < -0.39 is 23.5 Å². The minimum absolute atomic E-state index is 0. The fourth-order valence-electron chi connectivity index (χ4n) is 6.46. The van der Waals surface area contributed by atoms with Crippen molar-refractivity contribution in [1.29, 1.82) is 0 Å². The van der Waals surface area contributed by atoms with E-state index in [2.05, 4.69) is 41.5 Å². The molecule has 0 rings (SSSR count). The third-order valence-electron chi connectivity index (χ3n) is 10.5. The molecule has 0 amide bonds. The molecule has 0 aromatic heterocycles. The Balaban J connectivity index is -0.000000419. The minimum atomic E-state index is -4.07.